The van der Waals surface area contributed by atoms with Crippen LogP contribution in [0.15, 0.2) is 36.4 Å². The highest BCUT2D eigenvalue weighted by Crippen LogP contribution is 2.33. The van der Waals surface area contributed by atoms with Gasteiger partial charge in [0, 0.05) is 12.0 Å². The molecule has 168 valence electrons. The summed E-state index contributed by atoms with van der Waals surface area (Å²) in [4.78, 5) is 23.8. The summed E-state index contributed by atoms with van der Waals surface area (Å²) < 4.78 is 16.5. The lowest BCUT2D eigenvalue weighted by molar-refractivity contribution is -0.139. The minimum atomic E-state index is -1.23. The molecule has 0 saturated carbocycles. The summed E-state index contributed by atoms with van der Waals surface area (Å²) in [5.74, 6) is -0.406. The Kier molecular flexibility index (Phi) is 8.42. The number of alkyl carbamates (subject to hydrolysis) is 1. The molecule has 0 saturated heterocycles. The topological polar surface area (TPSA) is 94.1 Å². The van der Waals surface area contributed by atoms with Gasteiger partial charge in [-0.2, -0.15) is 0 Å². The standard InChI is InChI=1S/C22H25Cl2NO6/c1-22(2,3)31-21(28)25-17(20(26)27)11-14-6-5-7-18(29-4)19(14)30-12-13-8-9-15(23)16(24)10-13/h5-10,17H,11-12H2,1-4H3,(H,25,28)(H,26,27). The van der Waals surface area contributed by atoms with Gasteiger partial charge in [-0.1, -0.05) is 41.4 Å². The van der Waals surface area contributed by atoms with Gasteiger partial charge in [-0.25, -0.2) is 9.59 Å². The molecule has 0 bridgehead atoms. The summed E-state index contributed by atoms with van der Waals surface area (Å²) in [6.45, 7) is 5.24. The van der Waals surface area contributed by atoms with Gasteiger partial charge in [-0.3, -0.25) is 0 Å². The van der Waals surface area contributed by atoms with Gasteiger partial charge in [0.1, 0.15) is 18.2 Å². The molecule has 0 aromatic heterocycles. The number of ether oxygens (including phenoxy) is 3. The lowest BCUT2D eigenvalue weighted by Crippen LogP contribution is -2.44. The molecule has 0 fully saturated rings. The van der Waals surface area contributed by atoms with Crippen molar-refractivity contribution in [3.05, 3.63) is 57.6 Å². The second-order valence-corrected chi connectivity index (χ2v) is 8.54. The lowest BCUT2D eigenvalue weighted by Gasteiger charge is -2.23. The van der Waals surface area contributed by atoms with Gasteiger partial charge in [0.15, 0.2) is 11.5 Å². The van der Waals surface area contributed by atoms with E-state index in [1.165, 1.54) is 7.11 Å². The van der Waals surface area contributed by atoms with Gasteiger partial charge in [0.05, 0.1) is 17.2 Å². The van der Waals surface area contributed by atoms with E-state index in [2.05, 4.69) is 5.32 Å². The molecule has 0 aliphatic carbocycles. The van der Waals surface area contributed by atoms with Crippen LogP contribution in [0, 0.1) is 0 Å². The number of methoxy groups -OCH3 is 1. The van der Waals surface area contributed by atoms with E-state index >= 15 is 0 Å². The molecule has 7 nitrogen and oxygen atoms in total. The van der Waals surface area contributed by atoms with Gasteiger partial charge in [0.25, 0.3) is 0 Å². The van der Waals surface area contributed by atoms with Crippen LogP contribution in [0.25, 0.3) is 0 Å². The minimum absolute atomic E-state index is 0.0392. The van der Waals surface area contributed by atoms with Crippen molar-refractivity contribution in [2.75, 3.05) is 7.11 Å². The number of carboxylic acids is 1. The number of benzene rings is 2. The maximum atomic E-state index is 12.1. The van der Waals surface area contributed by atoms with E-state index in [9.17, 15) is 14.7 Å². The third-order valence-electron chi connectivity index (χ3n) is 4.06. The zero-order chi connectivity index (χ0) is 23.2. The van der Waals surface area contributed by atoms with Crippen LogP contribution in [0.3, 0.4) is 0 Å². The fourth-order valence-electron chi connectivity index (χ4n) is 2.70. The number of carboxylic acid groups (broad SMARTS) is 1. The van der Waals surface area contributed by atoms with Crippen molar-refractivity contribution < 1.29 is 28.9 Å². The first-order chi connectivity index (χ1) is 14.5. The highest BCUT2D eigenvalue weighted by atomic mass is 35.5. The monoisotopic (exact) mass is 469 g/mol. The van der Waals surface area contributed by atoms with Gasteiger partial charge in [-0.05, 0) is 44.5 Å². The summed E-state index contributed by atoms with van der Waals surface area (Å²) in [7, 11) is 1.48. The smallest absolute Gasteiger partial charge is 0.408 e. The molecule has 1 amide bonds. The number of hydrogen-bond donors (Lipinski definition) is 2. The van der Waals surface area contributed by atoms with Gasteiger partial charge in [-0.15, -0.1) is 0 Å². The van der Waals surface area contributed by atoms with E-state index < -0.39 is 23.7 Å². The molecule has 0 aliphatic heterocycles. The number of nitrogens with one attached hydrogen (secondary N) is 1. The van der Waals surface area contributed by atoms with E-state index in [0.717, 1.165) is 5.56 Å². The minimum Gasteiger partial charge on any atom is -0.493 e. The molecule has 2 aromatic rings. The van der Waals surface area contributed by atoms with Crippen molar-refractivity contribution in [1.82, 2.24) is 5.32 Å². The highest BCUT2D eigenvalue weighted by Gasteiger charge is 2.26. The fourth-order valence-corrected chi connectivity index (χ4v) is 3.02. The molecule has 1 unspecified atom stereocenters. The molecular formula is C22H25Cl2NO6. The van der Waals surface area contributed by atoms with Crippen molar-refractivity contribution in [3.63, 3.8) is 0 Å². The largest absolute Gasteiger partial charge is 0.493 e. The molecule has 31 heavy (non-hydrogen) atoms. The number of para-hydroxylation sites is 1. The number of amides is 1. The third-order valence-corrected chi connectivity index (χ3v) is 4.80. The summed E-state index contributed by atoms with van der Waals surface area (Å²) in [6, 6.07) is 9.01. The number of hydrogen-bond acceptors (Lipinski definition) is 5. The third kappa shape index (κ3) is 7.52. The Morgan fingerprint density at radius 1 is 1.13 bits per heavy atom. The Hall–Kier alpha value is -2.64. The molecule has 9 heteroatoms. The average Bonchev–Trinajstić information content (AvgIpc) is 2.67. The maximum absolute atomic E-state index is 12.1. The van der Waals surface area contributed by atoms with E-state index in [4.69, 9.17) is 37.4 Å². The van der Waals surface area contributed by atoms with Crippen LogP contribution in [-0.4, -0.2) is 35.9 Å². The fraction of sp³-hybridized carbons (Fsp3) is 0.364. The predicted octanol–water partition coefficient (Wildman–Crippen LogP) is 5.10. The first-order valence-electron chi connectivity index (χ1n) is 9.45. The molecule has 0 radical (unpaired) electrons. The van der Waals surface area contributed by atoms with Crippen molar-refractivity contribution in [2.24, 2.45) is 0 Å². The van der Waals surface area contributed by atoms with Gasteiger partial charge >= 0.3 is 12.1 Å². The summed E-state index contributed by atoms with van der Waals surface area (Å²) in [5.41, 5.74) is 0.563. The zero-order valence-corrected chi connectivity index (χ0v) is 19.2. The molecule has 1 atom stereocenters. The van der Waals surface area contributed by atoms with E-state index in [-0.39, 0.29) is 13.0 Å². The molecule has 2 N–H and O–H groups in total. The van der Waals surface area contributed by atoms with Crippen LogP contribution in [-0.2, 0) is 22.6 Å². The number of carbonyl (C=O) groups is 2. The van der Waals surface area contributed by atoms with Crippen molar-refractivity contribution in [3.8, 4) is 11.5 Å². The van der Waals surface area contributed by atoms with Gasteiger partial charge in [0.2, 0.25) is 0 Å². The number of aliphatic carboxylic acids is 1. The molecule has 0 heterocycles. The molecule has 2 rings (SSSR count). The first kappa shape index (κ1) is 24.6. The Bertz CT molecular complexity index is 942. The van der Waals surface area contributed by atoms with Crippen LogP contribution in [0.2, 0.25) is 10.0 Å². The van der Waals surface area contributed by atoms with Crippen molar-refractivity contribution in [1.29, 1.82) is 0 Å². The number of rotatable bonds is 8. The van der Waals surface area contributed by atoms with Crippen LogP contribution in [0.5, 0.6) is 11.5 Å². The molecular weight excluding hydrogens is 445 g/mol. The molecule has 0 aliphatic rings. The summed E-state index contributed by atoms with van der Waals surface area (Å²) in [6.07, 6.45) is -0.858. The second kappa shape index (κ2) is 10.6. The van der Waals surface area contributed by atoms with E-state index in [1.807, 2.05) is 0 Å². The predicted molar refractivity (Wildman–Crippen MR) is 118 cm³/mol. The van der Waals surface area contributed by atoms with Crippen LogP contribution in [0.4, 0.5) is 4.79 Å². The highest BCUT2D eigenvalue weighted by molar-refractivity contribution is 6.42. The van der Waals surface area contributed by atoms with Crippen molar-refractivity contribution >= 4 is 35.3 Å². The van der Waals surface area contributed by atoms with Gasteiger partial charge < -0.3 is 24.6 Å². The van der Waals surface area contributed by atoms with E-state index in [0.29, 0.717) is 27.1 Å². The maximum Gasteiger partial charge on any atom is 0.408 e. The van der Waals surface area contributed by atoms with Crippen LogP contribution in [0.1, 0.15) is 31.9 Å². The average molecular weight is 470 g/mol. The van der Waals surface area contributed by atoms with Crippen molar-refractivity contribution in [2.45, 2.75) is 45.4 Å². The Morgan fingerprint density at radius 2 is 1.84 bits per heavy atom. The first-order valence-corrected chi connectivity index (χ1v) is 10.2. The zero-order valence-electron chi connectivity index (χ0n) is 17.7. The summed E-state index contributed by atoms with van der Waals surface area (Å²) >= 11 is 12.0. The summed E-state index contributed by atoms with van der Waals surface area (Å²) in [5, 5.41) is 12.8. The van der Waals surface area contributed by atoms with Crippen LogP contribution < -0.4 is 14.8 Å². The second-order valence-electron chi connectivity index (χ2n) is 7.73. The molecule has 2 aromatic carbocycles. The Balaban J connectivity index is 2.23. The number of halogens is 2. The molecule has 0 spiro atoms. The SMILES string of the molecule is COc1cccc(CC(NC(=O)OC(C)(C)C)C(=O)O)c1OCc1ccc(Cl)c(Cl)c1. The van der Waals surface area contributed by atoms with Crippen LogP contribution >= 0.6 is 23.2 Å². The Labute approximate surface area is 191 Å². The Morgan fingerprint density at radius 3 is 2.42 bits per heavy atom. The quantitative estimate of drug-likeness (QED) is 0.558. The normalized spacial score (nSPS) is 12.1. The lowest BCUT2D eigenvalue weighted by atomic mass is 10.0. The van der Waals surface area contributed by atoms with E-state index in [1.54, 1.807) is 57.2 Å². The number of carbonyl (C=O) groups excluding carboxylic acids is 1.